The molecule has 8 heteroatoms. The molecule has 1 aliphatic carbocycles. The molecule has 0 spiro atoms. The zero-order valence-electron chi connectivity index (χ0n) is 17.3. The van der Waals surface area contributed by atoms with Gasteiger partial charge in [0.1, 0.15) is 0 Å². The molecule has 0 heterocycles. The van der Waals surface area contributed by atoms with Crippen molar-refractivity contribution in [2.75, 3.05) is 26.6 Å². The Kier molecular flexibility index (Phi) is 6.66. The number of carbonyl (C=O) groups excluding carboxylic acids is 2. The molecule has 0 radical (unpaired) electrons. The van der Waals surface area contributed by atoms with Gasteiger partial charge in [-0.1, -0.05) is 0 Å². The second-order valence-electron chi connectivity index (χ2n) is 6.96. The maximum Gasteiger partial charge on any atom is 0.255 e. The van der Waals surface area contributed by atoms with E-state index in [0.717, 1.165) is 25.7 Å². The predicted molar refractivity (Wildman–Crippen MR) is 112 cm³/mol. The van der Waals surface area contributed by atoms with Gasteiger partial charge in [-0.3, -0.25) is 9.59 Å². The summed E-state index contributed by atoms with van der Waals surface area (Å²) < 4.78 is 21.9. The quantitative estimate of drug-likeness (QED) is 0.685. The van der Waals surface area contributed by atoms with Crippen molar-refractivity contribution in [2.45, 2.75) is 31.8 Å². The minimum absolute atomic E-state index is 0.106. The number of anilines is 1. The summed E-state index contributed by atoms with van der Waals surface area (Å²) in [6.45, 7) is 0. The van der Waals surface area contributed by atoms with Crippen molar-refractivity contribution in [3.63, 3.8) is 0 Å². The lowest BCUT2D eigenvalue weighted by Crippen LogP contribution is -2.19. The van der Waals surface area contributed by atoms with Gasteiger partial charge in [-0.15, -0.1) is 0 Å². The van der Waals surface area contributed by atoms with Crippen LogP contribution in [0.4, 0.5) is 5.69 Å². The van der Waals surface area contributed by atoms with E-state index in [2.05, 4.69) is 5.32 Å². The molecule has 30 heavy (non-hydrogen) atoms. The third-order valence-electron chi connectivity index (χ3n) is 5.06. The molecule has 2 amide bonds. The summed E-state index contributed by atoms with van der Waals surface area (Å²) in [5.41, 5.74) is 6.13. The van der Waals surface area contributed by atoms with Crippen molar-refractivity contribution in [1.82, 2.24) is 0 Å². The van der Waals surface area contributed by atoms with E-state index in [1.807, 2.05) is 0 Å². The summed E-state index contributed by atoms with van der Waals surface area (Å²) in [6, 6.07) is 7.88. The topological polar surface area (TPSA) is 109 Å². The highest BCUT2D eigenvalue weighted by Crippen LogP contribution is 2.35. The van der Waals surface area contributed by atoms with E-state index in [1.165, 1.54) is 33.5 Å². The molecule has 3 N–H and O–H groups in total. The van der Waals surface area contributed by atoms with E-state index in [9.17, 15) is 9.59 Å². The van der Waals surface area contributed by atoms with Gasteiger partial charge in [-0.25, -0.2) is 0 Å². The molecule has 0 saturated heterocycles. The van der Waals surface area contributed by atoms with Crippen molar-refractivity contribution in [2.24, 2.45) is 5.73 Å². The molecule has 0 aliphatic heterocycles. The SMILES string of the molecule is COc1cc(NC(=O)c2ccc(OC3CCCC3)c(OC)c2)c(C(N)=O)cc1OC. The minimum atomic E-state index is -0.704. The van der Waals surface area contributed by atoms with Crippen LogP contribution in [0.15, 0.2) is 30.3 Å². The van der Waals surface area contributed by atoms with E-state index >= 15 is 0 Å². The number of hydrogen-bond donors (Lipinski definition) is 2. The van der Waals surface area contributed by atoms with Crippen molar-refractivity contribution < 1.29 is 28.5 Å². The Morgan fingerprint density at radius 2 is 1.50 bits per heavy atom. The standard InChI is InChI=1S/C22H26N2O6/c1-27-18-10-13(8-9-17(18)30-14-6-4-5-7-14)22(26)24-16-12-20(29-3)19(28-2)11-15(16)21(23)25/h8-12,14H,4-7H2,1-3H3,(H2,23,25)(H,24,26). The summed E-state index contributed by atoms with van der Waals surface area (Å²) in [7, 11) is 4.43. The van der Waals surface area contributed by atoms with E-state index in [4.69, 9.17) is 24.7 Å². The Bertz CT molecular complexity index is 937. The maximum atomic E-state index is 12.8. The summed E-state index contributed by atoms with van der Waals surface area (Å²) >= 11 is 0. The van der Waals surface area contributed by atoms with Gasteiger partial charge in [-0.05, 0) is 49.9 Å². The van der Waals surface area contributed by atoms with Crippen LogP contribution in [0.25, 0.3) is 0 Å². The molecule has 0 bridgehead atoms. The first-order valence-corrected chi connectivity index (χ1v) is 9.68. The van der Waals surface area contributed by atoms with Crippen molar-refractivity contribution in [1.29, 1.82) is 0 Å². The number of nitrogens with two attached hydrogens (primary N) is 1. The Labute approximate surface area is 175 Å². The molecule has 2 aromatic rings. The average Bonchev–Trinajstić information content (AvgIpc) is 3.26. The molecule has 0 atom stereocenters. The van der Waals surface area contributed by atoms with Crippen LogP contribution in [-0.2, 0) is 0 Å². The van der Waals surface area contributed by atoms with Gasteiger partial charge in [-0.2, -0.15) is 0 Å². The fraction of sp³-hybridized carbons (Fsp3) is 0.364. The number of benzene rings is 2. The van der Waals surface area contributed by atoms with Gasteiger partial charge in [0.05, 0.1) is 38.7 Å². The Balaban J connectivity index is 1.85. The molecule has 0 aromatic heterocycles. The van der Waals surface area contributed by atoms with Crippen molar-refractivity contribution in [3.05, 3.63) is 41.5 Å². The number of amides is 2. The van der Waals surface area contributed by atoms with Crippen LogP contribution in [0.3, 0.4) is 0 Å². The van der Waals surface area contributed by atoms with Crippen molar-refractivity contribution in [3.8, 4) is 23.0 Å². The lowest BCUT2D eigenvalue weighted by atomic mass is 10.1. The zero-order valence-corrected chi connectivity index (χ0v) is 17.3. The third-order valence-corrected chi connectivity index (χ3v) is 5.06. The summed E-state index contributed by atoms with van der Waals surface area (Å²) in [5, 5.41) is 2.71. The number of ether oxygens (including phenoxy) is 4. The van der Waals surface area contributed by atoms with Crippen LogP contribution in [-0.4, -0.2) is 39.2 Å². The number of nitrogens with one attached hydrogen (secondary N) is 1. The molecular formula is C22H26N2O6. The molecule has 1 saturated carbocycles. The number of primary amides is 1. The van der Waals surface area contributed by atoms with Gasteiger partial charge < -0.3 is 30.0 Å². The number of hydrogen-bond acceptors (Lipinski definition) is 6. The molecule has 160 valence electrons. The Morgan fingerprint density at radius 3 is 2.10 bits per heavy atom. The first-order chi connectivity index (χ1) is 14.5. The second-order valence-corrected chi connectivity index (χ2v) is 6.96. The number of carbonyl (C=O) groups is 2. The molecule has 3 rings (SSSR count). The molecule has 1 aliphatic rings. The molecular weight excluding hydrogens is 388 g/mol. The van der Waals surface area contributed by atoms with Gasteiger partial charge in [0, 0.05) is 11.6 Å². The highest BCUT2D eigenvalue weighted by Gasteiger charge is 2.21. The van der Waals surface area contributed by atoms with Gasteiger partial charge in [0.2, 0.25) is 0 Å². The number of rotatable bonds is 8. The Hall–Kier alpha value is -3.42. The highest BCUT2D eigenvalue weighted by molar-refractivity contribution is 6.09. The molecule has 2 aromatic carbocycles. The third kappa shape index (κ3) is 4.59. The highest BCUT2D eigenvalue weighted by atomic mass is 16.5. The minimum Gasteiger partial charge on any atom is -0.493 e. The average molecular weight is 414 g/mol. The zero-order chi connectivity index (χ0) is 21.7. The lowest BCUT2D eigenvalue weighted by molar-refractivity contribution is 0.100. The van der Waals surface area contributed by atoms with Gasteiger partial charge in [0.15, 0.2) is 23.0 Å². The predicted octanol–water partition coefficient (Wildman–Crippen LogP) is 3.39. The number of methoxy groups -OCH3 is 3. The summed E-state index contributed by atoms with van der Waals surface area (Å²) in [6.07, 6.45) is 4.51. The van der Waals surface area contributed by atoms with Crippen molar-refractivity contribution >= 4 is 17.5 Å². The van der Waals surface area contributed by atoms with Crippen LogP contribution in [0, 0.1) is 0 Å². The van der Waals surface area contributed by atoms with Crippen LogP contribution < -0.4 is 30.0 Å². The second kappa shape index (κ2) is 9.39. The Morgan fingerprint density at radius 1 is 0.900 bits per heavy atom. The smallest absolute Gasteiger partial charge is 0.255 e. The summed E-state index contributed by atoms with van der Waals surface area (Å²) in [4.78, 5) is 24.7. The first-order valence-electron chi connectivity index (χ1n) is 9.68. The van der Waals surface area contributed by atoms with Gasteiger partial charge in [0.25, 0.3) is 11.8 Å². The van der Waals surface area contributed by atoms with Gasteiger partial charge >= 0.3 is 0 Å². The maximum absolute atomic E-state index is 12.8. The fourth-order valence-electron chi connectivity index (χ4n) is 3.47. The van der Waals surface area contributed by atoms with Crippen LogP contribution in [0.2, 0.25) is 0 Å². The molecule has 8 nitrogen and oxygen atoms in total. The monoisotopic (exact) mass is 414 g/mol. The lowest BCUT2D eigenvalue weighted by Gasteiger charge is -2.17. The normalized spacial score (nSPS) is 13.6. The molecule has 1 fully saturated rings. The van der Waals surface area contributed by atoms with E-state index < -0.39 is 11.8 Å². The molecule has 0 unspecified atom stereocenters. The van der Waals surface area contributed by atoms with E-state index in [0.29, 0.717) is 28.6 Å². The van der Waals surface area contributed by atoms with Crippen LogP contribution in [0.5, 0.6) is 23.0 Å². The fourth-order valence-corrected chi connectivity index (χ4v) is 3.47. The summed E-state index contributed by atoms with van der Waals surface area (Å²) in [5.74, 6) is 0.622. The van der Waals surface area contributed by atoms with Crippen LogP contribution in [0.1, 0.15) is 46.4 Å². The first kappa shape index (κ1) is 21.3. The van der Waals surface area contributed by atoms with E-state index in [1.54, 1.807) is 18.2 Å². The van der Waals surface area contributed by atoms with E-state index in [-0.39, 0.29) is 17.4 Å². The van der Waals surface area contributed by atoms with Crippen LogP contribution >= 0.6 is 0 Å². The largest absolute Gasteiger partial charge is 0.493 e.